The van der Waals surface area contributed by atoms with Gasteiger partial charge < -0.3 is 4.89 Å². The van der Waals surface area contributed by atoms with Crippen LogP contribution in [-0.4, -0.2) is 29.2 Å². The smallest absolute Gasteiger partial charge is 0.205 e. The summed E-state index contributed by atoms with van der Waals surface area (Å²) in [7, 11) is -0.381. The second-order valence-corrected chi connectivity index (χ2v) is 3.47. The molecule has 0 aromatic rings. The third-order valence-electron chi connectivity index (χ3n) is 1.57. The largest absolute Gasteiger partial charge is 0.345 e. The van der Waals surface area contributed by atoms with Crippen LogP contribution in [0.1, 0.15) is 6.42 Å². The number of likely N-dealkylation sites (tertiary alicyclic amines) is 1. The third-order valence-corrected chi connectivity index (χ3v) is 2.87. The van der Waals surface area contributed by atoms with Crippen molar-refractivity contribution in [3.05, 3.63) is 0 Å². The molecule has 1 N–H and O–H groups in total. The van der Waals surface area contributed by atoms with Gasteiger partial charge in [-0.25, -0.2) is 0 Å². The average Bonchev–Trinajstić information content (AvgIpc) is 1.61. The van der Waals surface area contributed by atoms with Crippen LogP contribution in [0.3, 0.4) is 0 Å². The maximum atomic E-state index is 10.3. The van der Waals surface area contributed by atoms with Crippen molar-refractivity contribution in [1.82, 2.24) is 4.90 Å². The molecule has 1 aliphatic rings. The van der Waals surface area contributed by atoms with Crippen LogP contribution >= 0.6 is 8.03 Å². The van der Waals surface area contributed by atoms with E-state index in [2.05, 4.69) is 0 Å². The van der Waals surface area contributed by atoms with Crippen LogP contribution in [0.15, 0.2) is 0 Å². The summed E-state index contributed by atoms with van der Waals surface area (Å²) in [4.78, 5) is 10.5. The fraction of sp³-hybridized carbons (Fsp3) is 1.00. The van der Waals surface area contributed by atoms with E-state index >= 15 is 0 Å². The van der Waals surface area contributed by atoms with E-state index in [1.165, 1.54) is 0 Å². The molecule has 1 saturated heterocycles. The molecule has 0 aromatic heterocycles. The Bertz CT molecular complexity index is 121. The van der Waals surface area contributed by atoms with Gasteiger partial charge in [0.2, 0.25) is 8.03 Å². The first-order chi connectivity index (χ1) is 3.72. The van der Waals surface area contributed by atoms with E-state index in [-0.39, 0.29) is 38.5 Å². The van der Waals surface area contributed by atoms with Crippen molar-refractivity contribution >= 4 is 8.03 Å². The van der Waals surface area contributed by atoms with Gasteiger partial charge in [0.15, 0.2) is 0 Å². The maximum absolute atomic E-state index is 10.3. The molecule has 1 radical (unpaired) electrons. The molecule has 3 nitrogen and oxygen atoms in total. The quantitative estimate of drug-likeness (QED) is 0.642. The van der Waals surface area contributed by atoms with Gasteiger partial charge >= 0.3 is 0 Å². The molecular weight excluding hydrogens is 214 g/mol. The van der Waals surface area contributed by atoms with Crippen molar-refractivity contribution in [2.24, 2.45) is 0 Å². The monoisotopic (exact) mass is 224 g/mol. The molecule has 0 bridgehead atoms. The van der Waals surface area contributed by atoms with Crippen LogP contribution < -0.4 is 0 Å². The normalized spacial score (nSPS) is 30.2. The van der Waals surface area contributed by atoms with Crippen LogP contribution in [-0.2, 0) is 37.3 Å². The predicted octanol–water partition coefficient (Wildman–Crippen LogP) is 0.112. The molecule has 1 rings (SSSR count). The minimum atomic E-state index is -2.25. The summed E-state index contributed by atoms with van der Waals surface area (Å²) in [6, 6.07) is 0. The van der Waals surface area contributed by atoms with Crippen molar-refractivity contribution < 1.29 is 42.2 Å². The first-order valence-electron chi connectivity index (χ1n) is 2.65. The summed E-state index contributed by atoms with van der Waals surface area (Å²) in [5, 5.41) is 0. The molecule has 2 atom stereocenters. The van der Waals surface area contributed by atoms with Gasteiger partial charge in [-0.05, 0) is 13.5 Å². The van der Waals surface area contributed by atoms with Crippen LogP contribution in [0.5, 0.6) is 0 Å². The molecule has 51 valence electrons. The van der Waals surface area contributed by atoms with Crippen molar-refractivity contribution in [2.75, 3.05) is 13.6 Å². The molecule has 0 amide bonds. The zero-order valence-electron chi connectivity index (χ0n) is 5.37. The Balaban J connectivity index is 0.000000640. The summed E-state index contributed by atoms with van der Waals surface area (Å²) in [6.07, 6.45) is 0.894. The zero-order chi connectivity index (χ0) is 6.15. The maximum Gasteiger partial charge on any atom is 0.205 e. The number of rotatable bonds is 1. The summed E-state index contributed by atoms with van der Waals surface area (Å²) in [5.41, 5.74) is 0. The standard InChI is InChI=1S/C4H10NO2P.Y/c1-5-3-2-4(5)8(6)7;/h4,8H,2-3H2,1H3,(H,6,7);. The molecule has 5 heteroatoms. The Kier molecular flexibility index (Phi) is 4.78. The Hall–Kier alpha value is 1.25. The van der Waals surface area contributed by atoms with E-state index in [0.29, 0.717) is 0 Å². The Morgan fingerprint density at radius 3 is 2.33 bits per heavy atom. The average molecular weight is 224 g/mol. The summed E-state index contributed by atoms with van der Waals surface area (Å²) < 4.78 is 10.3. The van der Waals surface area contributed by atoms with Gasteiger partial charge in [-0.3, -0.25) is 9.46 Å². The Morgan fingerprint density at radius 1 is 1.78 bits per heavy atom. The molecule has 1 fully saturated rings. The van der Waals surface area contributed by atoms with Gasteiger partial charge in [0, 0.05) is 39.3 Å². The van der Waals surface area contributed by atoms with Gasteiger partial charge in [-0.2, -0.15) is 0 Å². The second-order valence-electron chi connectivity index (χ2n) is 2.12. The Labute approximate surface area is 80.6 Å². The van der Waals surface area contributed by atoms with E-state index in [1.54, 1.807) is 0 Å². The van der Waals surface area contributed by atoms with E-state index in [0.717, 1.165) is 13.0 Å². The fourth-order valence-electron chi connectivity index (χ4n) is 0.828. The zero-order valence-corrected chi connectivity index (χ0v) is 9.21. The van der Waals surface area contributed by atoms with Gasteiger partial charge in [-0.15, -0.1) is 0 Å². The van der Waals surface area contributed by atoms with Crippen molar-refractivity contribution in [3.8, 4) is 0 Å². The summed E-state index contributed by atoms with van der Waals surface area (Å²) >= 11 is 0. The molecular formula is C4H10NO2PY. The molecule has 0 spiro atoms. The van der Waals surface area contributed by atoms with E-state index in [4.69, 9.17) is 4.89 Å². The number of nitrogens with zero attached hydrogens (tertiary/aromatic N) is 1. The third kappa shape index (κ3) is 2.40. The Morgan fingerprint density at radius 2 is 2.33 bits per heavy atom. The number of hydrogen-bond donors (Lipinski definition) is 1. The first kappa shape index (κ1) is 10.3. The van der Waals surface area contributed by atoms with Crippen molar-refractivity contribution in [2.45, 2.75) is 12.2 Å². The molecule has 1 aliphatic heterocycles. The van der Waals surface area contributed by atoms with Crippen LogP contribution in [0.2, 0.25) is 0 Å². The topological polar surface area (TPSA) is 40.5 Å². The van der Waals surface area contributed by atoms with Gasteiger partial charge in [0.05, 0.1) is 5.78 Å². The summed E-state index contributed by atoms with van der Waals surface area (Å²) in [6.45, 7) is 0.974. The molecule has 0 aliphatic carbocycles. The van der Waals surface area contributed by atoms with Crippen LogP contribution in [0, 0.1) is 0 Å². The van der Waals surface area contributed by atoms with E-state index < -0.39 is 8.03 Å². The van der Waals surface area contributed by atoms with Gasteiger partial charge in [0.25, 0.3) is 0 Å². The molecule has 0 saturated carbocycles. The van der Waals surface area contributed by atoms with Crippen molar-refractivity contribution in [1.29, 1.82) is 0 Å². The molecule has 9 heavy (non-hydrogen) atoms. The fourth-order valence-corrected chi connectivity index (χ4v) is 1.71. The molecule has 2 unspecified atom stereocenters. The van der Waals surface area contributed by atoms with E-state index in [9.17, 15) is 4.57 Å². The van der Waals surface area contributed by atoms with Crippen LogP contribution in [0.4, 0.5) is 0 Å². The van der Waals surface area contributed by atoms with Gasteiger partial charge in [0.1, 0.15) is 0 Å². The predicted molar refractivity (Wildman–Crippen MR) is 32.3 cm³/mol. The minimum Gasteiger partial charge on any atom is -0.345 e. The SMILES string of the molecule is CN1CCC1[PH](=O)O.[Y]. The number of hydrogen-bond acceptors (Lipinski definition) is 2. The second kappa shape index (κ2) is 4.20. The van der Waals surface area contributed by atoms with Crippen LogP contribution in [0.25, 0.3) is 0 Å². The van der Waals surface area contributed by atoms with Crippen molar-refractivity contribution in [3.63, 3.8) is 0 Å². The molecule has 1 heterocycles. The van der Waals surface area contributed by atoms with Gasteiger partial charge in [-0.1, -0.05) is 0 Å². The summed E-state index contributed by atoms with van der Waals surface area (Å²) in [5.74, 6) is -0.0139. The molecule has 0 aromatic carbocycles. The van der Waals surface area contributed by atoms with E-state index in [1.807, 2.05) is 11.9 Å². The first-order valence-corrected chi connectivity index (χ1v) is 4.08. The minimum absolute atomic E-state index is 0.